The van der Waals surface area contributed by atoms with Crippen molar-refractivity contribution in [3.05, 3.63) is 41.2 Å². The second kappa shape index (κ2) is 12.7. The van der Waals surface area contributed by atoms with E-state index in [1.54, 1.807) is 11.0 Å². The Hall–Kier alpha value is -3.49. The van der Waals surface area contributed by atoms with Gasteiger partial charge in [-0.3, -0.25) is 9.69 Å². The number of hydrogen-bond donors (Lipinski definition) is 2. The van der Waals surface area contributed by atoms with Gasteiger partial charge in [-0.1, -0.05) is 19.3 Å². The molecule has 45 heavy (non-hydrogen) atoms. The Labute approximate surface area is 259 Å². The molecule has 1 aromatic heterocycles. The average Bonchev–Trinajstić information content (AvgIpc) is 3.34. The molecule has 3 fully saturated rings. The number of ether oxygens (including phenoxy) is 3. The van der Waals surface area contributed by atoms with Crippen molar-refractivity contribution < 1.29 is 42.1 Å². The van der Waals surface area contributed by atoms with Crippen molar-refractivity contribution in [1.29, 1.82) is 0 Å². The quantitative estimate of drug-likeness (QED) is 0.442. The number of benzene rings is 1. The van der Waals surface area contributed by atoms with Gasteiger partial charge in [0.25, 0.3) is 5.91 Å². The van der Waals surface area contributed by atoms with Crippen molar-refractivity contribution in [1.82, 2.24) is 20.2 Å². The fraction of sp³-hybridized carbons (Fsp3) is 0.613. The Morgan fingerprint density at radius 3 is 2.42 bits per heavy atom. The minimum absolute atomic E-state index is 0.143. The summed E-state index contributed by atoms with van der Waals surface area (Å²) in [4.78, 5) is 37.3. The minimum atomic E-state index is -4.98. The summed E-state index contributed by atoms with van der Waals surface area (Å²) >= 11 is 0. The zero-order valence-electron chi connectivity index (χ0n) is 25.0. The first-order valence-corrected chi connectivity index (χ1v) is 15.5. The smallest absolute Gasteiger partial charge is 0.434 e. The molecule has 11 nitrogen and oxygen atoms in total. The van der Waals surface area contributed by atoms with E-state index in [4.69, 9.17) is 14.2 Å². The first-order valence-electron chi connectivity index (χ1n) is 15.5. The molecule has 1 amide bonds. The molecule has 6 rings (SSSR count). The summed E-state index contributed by atoms with van der Waals surface area (Å²) in [6.07, 6.45) is -0.612. The van der Waals surface area contributed by atoms with Crippen LogP contribution in [-0.4, -0.2) is 96.6 Å². The van der Waals surface area contributed by atoms with E-state index in [1.165, 1.54) is 0 Å². The number of morpholine rings is 1. The molecule has 244 valence electrons. The Bertz CT molecular complexity index is 1400. The summed E-state index contributed by atoms with van der Waals surface area (Å²) in [7, 11) is 0. The van der Waals surface area contributed by atoms with Crippen LogP contribution < -0.4 is 15.0 Å². The SMILES string of the molecule is O=C(NC1(C(=O)O)CCCCC1)c1cnc(N2CC3(CCOCC3)c3cc(OCCN4CCOCC4)ccc32)nc1C(F)(F)F. The highest BCUT2D eigenvalue weighted by atomic mass is 19.4. The molecule has 0 unspecified atom stereocenters. The predicted octanol–water partition coefficient (Wildman–Crippen LogP) is 3.92. The summed E-state index contributed by atoms with van der Waals surface area (Å²) in [6.45, 7) is 5.71. The standard InChI is InChI=1S/C31H38F3N5O6/c32-31(33,34)25-22(26(40)37-30(27(41)42)6-2-1-3-7-30)19-35-28(36-25)39-20-29(8-13-43-14-9-29)23-18-21(4-5-24(23)39)45-17-12-38-10-15-44-16-11-38/h4-5,18-19H,1-3,6-17,20H2,(H,37,40)(H,41,42). The van der Waals surface area contributed by atoms with E-state index in [0.717, 1.165) is 37.8 Å². The summed E-state index contributed by atoms with van der Waals surface area (Å²) in [5.74, 6) is -1.93. The van der Waals surface area contributed by atoms with Crippen molar-refractivity contribution in [2.24, 2.45) is 0 Å². The number of nitrogens with zero attached hydrogens (tertiary/aromatic N) is 4. The molecule has 4 aliphatic rings. The van der Waals surface area contributed by atoms with Gasteiger partial charge in [0.05, 0.1) is 18.8 Å². The summed E-state index contributed by atoms with van der Waals surface area (Å²) in [6, 6.07) is 5.58. The number of alkyl halides is 3. The number of carboxylic acids is 1. The van der Waals surface area contributed by atoms with Gasteiger partial charge < -0.3 is 29.5 Å². The number of rotatable bonds is 8. The number of aliphatic carboxylic acids is 1. The van der Waals surface area contributed by atoms with Crippen molar-refractivity contribution in [3.8, 4) is 5.75 Å². The lowest BCUT2D eigenvalue weighted by atomic mass is 9.76. The van der Waals surface area contributed by atoms with E-state index < -0.39 is 40.3 Å². The molecule has 2 saturated heterocycles. The van der Waals surface area contributed by atoms with E-state index in [2.05, 4.69) is 20.2 Å². The topological polar surface area (TPSA) is 126 Å². The highest BCUT2D eigenvalue weighted by Crippen LogP contribution is 2.50. The van der Waals surface area contributed by atoms with Crippen LogP contribution >= 0.6 is 0 Å². The lowest BCUT2D eigenvalue weighted by Crippen LogP contribution is -2.55. The second-order valence-corrected chi connectivity index (χ2v) is 12.3. The first-order chi connectivity index (χ1) is 21.6. The number of aromatic nitrogens is 2. The molecule has 4 heterocycles. The van der Waals surface area contributed by atoms with Gasteiger partial charge in [-0.25, -0.2) is 14.8 Å². The number of carboxylic acid groups (broad SMARTS) is 1. The summed E-state index contributed by atoms with van der Waals surface area (Å²) in [5, 5.41) is 12.2. The Morgan fingerprint density at radius 1 is 1.02 bits per heavy atom. The Kier molecular flexibility index (Phi) is 8.90. The maximum Gasteiger partial charge on any atom is 0.434 e. The van der Waals surface area contributed by atoms with Crippen LogP contribution in [0, 0.1) is 0 Å². The van der Waals surface area contributed by atoms with E-state index >= 15 is 0 Å². The number of nitrogens with one attached hydrogen (secondary N) is 1. The zero-order valence-corrected chi connectivity index (χ0v) is 25.0. The Morgan fingerprint density at radius 2 is 1.73 bits per heavy atom. The van der Waals surface area contributed by atoms with Gasteiger partial charge in [0.1, 0.15) is 17.9 Å². The van der Waals surface area contributed by atoms with Gasteiger partial charge >= 0.3 is 12.1 Å². The van der Waals surface area contributed by atoms with Crippen LogP contribution in [-0.2, 0) is 25.9 Å². The normalized spacial score (nSPS) is 21.4. The molecule has 1 aromatic carbocycles. The third-order valence-electron chi connectivity index (χ3n) is 9.52. The van der Waals surface area contributed by atoms with Crippen LogP contribution in [0.5, 0.6) is 5.75 Å². The fourth-order valence-electron chi connectivity index (χ4n) is 6.94. The number of hydrogen-bond acceptors (Lipinski definition) is 9. The molecule has 2 N–H and O–H groups in total. The molecule has 0 bridgehead atoms. The van der Waals surface area contributed by atoms with Crippen LogP contribution in [0.3, 0.4) is 0 Å². The zero-order chi connectivity index (χ0) is 31.7. The van der Waals surface area contributed by atoms with Crippen LogP contribution in [0.2, 0.25) is 0 Å². The van der Waals surface area contributed by atoms with Crippen molar-refractivity contribution in [2.45, 2.75) is 62.1 Å². The highest BCUT2D eigenvalue weighted by Gasteiger charge is 2.47. The molecule has 1 spiro atoms. The molecule has 1 aliphatic carbocycles. The number of carbonyl (C=O) groups excluding carboxylic acids is 1. The third-order valence-corrected chi connectivity index (χ3v) is 9.52. The fourth-order valence-corrected chi connectivity index (χ4v) is 6.94. The molecule has 2 aromatic rings. The molecule has 0 radical (unpaired) electrons. The molecule has 0 atom stereocenters. The van der Waals surface area contributed by atoms with Gasteiger partial charge in [-0.05, 0) is 49.4 Å². The third kappa shape index (κ3) is 6.45. The molecular weight excluding hydrogens is 595 g/mol. The average molecular weight is 634 g/mol. The van der Waals surface area contributed by atoms with Gasteiger partial charge in [-0.15, -0.1) is 0 Å². The van der Waals surface area contributed by atoms with Crippen LogP contribution in [0.15, 0.2) is 24.4 Å². The van der Waals surface area contributed by atoms with Crippen LogP contribution in [0.4, 0.5) is 24.8 Å². The second-order valence-electron chi connectivity index (χ2n) is 12.3. The number of carbonyl (C=O) groups is 2. The number of amides is 1. The summed E-state index contributed by atoms with van der Waals surface area (Å²) < 4.78 is 60.4. The molecule has 1 saturated carbocycles. The lowest BCUT2D eigenvalue weighted by Gasteiger charge is -2.34. The van der Waals surface area contributed by atoms with E-state index in [0.29, 0.717) is 76.7 Å². The maximum atomic E-state index is 14.4. The number of anilines is 2. The number of halogens is 3. The van der Waals surface area contributed by atoms with Crippen molar-refractivity contribution >= 4 is 23.5 Å². The molecule has 14 heteroatoms. The van der Waals surface area contributed by atoms with Gasteiger partial charge in [0, 0.05) is 56.7 Å². The van der Waals surface area contributed by atoms with E-state index in [9.17, 15) is 27.9 Å². The van der Waals surface area contributed by atoms with Crippen LogP contribution in [0.25, 0.3) is 0 Å². The van der Waals surface area contributed by atoms with Crippen LogP contribution in [0.1, 0.15) is 66.6 Å². The van der Waals surface area contributed by atoms with Gasteiger partial charge in [-0.2, -0.15) is 13.2 Å². The Balaban J connectivity index is 1.28. The lowest BCUT2D eigenvalue weighted by molar-refractivity contribution is -0.145. The van der Waals surface area contributed by atoms with Gasteiger partial charge in [0.2, 0.25) is 5.95 Å². The maximum absolute atomic E-state index is 14.4. The largest absolute Gasteiger partial charge is 0.492 e. The number of fused-ring (bicyclic) bond motifs is 2. The highest BCUT2D eigenvalue weighted by molar-refractivity contribution is 5.98. The van der Waals surface area contributed by atoms with Crippen molar-refractivity contribution in [3.63, 3.8) is 0 Å². The molecular formula is C31H38F3N5O6. The van der Waals surface area contributed by atoms with Crippen molar-refractivity contribution in [2.75, 3.05) is 64.1 Å². The minimum Gasteiger partial charge on any atom is -0.492 e. The van der Waals surface area contributed by atoms with E-state index in [1.807, 2.05) is 12.1 Å². The molecule has 3 aliphatic heterocycles. The monoisotopic (exact) mass is 633 g/mol. The van der Waals surface area contributed by atoms with Gasteiger partial charge in [0.15, 0.2) is 5.69 Å². The first kappa shape index (κ1) is 31.5. The van der Waals surface area contributed by atoms with E-state index in [-0.39, 0.29) is 18.8 Å². The predicted molar refractivity (Wildman–Crippen MR) is 156 cm³/mol. The summed E-state index contributed by atoms with van der Waals surface area (Å²) in [5.41, 5.74) is -2.61.